The summed E-state index contributed by atoms with van der Waals surface area (Å²) in [6.45, 7) is 1.48. The minimum atomic E-state index is -0.862. The van der Waals surface area contributed by atoms with E-state index in [4.69, 9.17) is 16.0 Å². The number of halogens is 1. The highest BCUT2D eigenvalue weighted by atomic mass is 35.5. The van der Waals surface area contributed by atoms with E-state index >= 15 is 0 Å². The maximum Gasteiger partial charge on any atom is 0.287 e. The van der Waals surface area contributed by atoms with Crippen molar-refractivity contribution in [3.05, 3.63) is 57.5 Å². The van der Waals surface area contributed by atoms with Crippen molar-refractivity contribution in [2.75, 3.05) is 5.32 Å². The van der Waals surface area contributed by atoms with E-state index in [1.807, 2.05) is 0 Å². The molecule has 0 aliphatic carbocycles. The van der Waals surface area contributed by atoms with Crippen LogP contribution < -0.4 is 10.6 Å². The van der Waals surface area contributed by atoms with E-state index in [0.717, 1.165) is 6.07 Å². The minimum absolute atomic E-state index is 0.0251. The third kappa shape index (κ3) is 4.07. The molecule has 2 amide bonds. The highest BCUT2D eigenvalue weighted by Crippen LogP contribution is 2.26. The predicted octanol–water partition coefficient (Wildman–Crippen LogP) is 2.60. The maximum atomic E-state index is 12.0. The number of benzene rings is 1. The summed E-state index contributed by atoms with van der Waals surface area (Å²) in [5, 5.41) is 15.6. The van der Waals surface area contributed by atoms with Crippen LogP contribution in [0.25, 0.3) is 0 Å². The molecule has 2 rings (SSSR count). The summed E-state index contributed by atoms with van der Waals surface area (Å²) in [7, 11) is 0. The van der Waals surface area contributed by atoms with Gasteiger partial charge in [0.15, 0.2) is 5.76 Å². The lowest BCUT2D eigenvalue weighted by Crippen LogP contribution is -2.41. The van der Waals surface area contributed by atoms with E-state index in [1.165, 1.54) is 31.4 Å². The Labute approximate surface area is 135 Å². The predicted molar refractivity (Wildman–Crippen MR) is 82.4 cm³/mol. The summed E-state index contributed by atoms with van der Waals surface area (Å²) >= 11 is 5.89. The molecule has 0 saturated heterocycles. The molecule has 2 N–H and O–H groups in total. The molecule has 0 saturated carbocycles. The molecule has 0 unspecified atom stereocenters. The van der Waals surface area contributed by atoms with Gasteiger partial charge < -0.3 is 15.1 Å². The van der Waals surface area contributed by atoms with Crippen LogP contribution in [0.3, 0.4) is 0 Å². The number of carbonyl (C=O) groups is 2. The highest BCUT2D eigenvalue weighted by Gasteiger charge is 2.19. The van der Waals surface area contributed by atoms with Gasteiger partial charge >= 0.3 is 0 Å². The van der Waals surface area contributed by atoms with Gasteiger partial charge in [-0.05, 0) is 25.1 Å². The normalized spacial score (nSPS) is 11.6. The van der Waals surface area contributed by atoms with Crippen molar-refractivity contribution in [2.45, 2.75) is 13.0 Å². The molecule has 120 valence electrons. The van der Waals surface area contributed by atoms with Crippen molar-refractivity contribution in [3.8, 4) is 0 Å². The number of hydrogen-bond acceptors (Lipinski definition) is 5. The summed E-state index contributed by atoms with van der Waals surface area (Å²) < 4.78 is 4.92. The van der Waals surface area contributed by atoms with E-state index in [1.54, 1.807) is 6.07 Å². The number of nitro benzene ring substituents is 1. The lowest BCUT2D eigenvalue weighted by molar-refractivity contribution is -0.384. The number of anilines is 1. The fourth-order valence-corrected chi connectivity index (χ4v) is 1.92. The molecule has 8 nitrogen and oxygen atoms in total. The van der Waals surface area contributed by atoms with E-state index < -0.39 is 22.8 Å². The summed E-state index contributed by atoms with van der Waals surface area (Å²) in [5.41, 5.74) is 0.0218. The number of amides is 2. The quantitative estimate of drug-likeness (QED) is 0.642. The molecule has 1 aromatic carbocycles. The number of carbonyl (C=O) groups excluding carboxylic acids is 2. The molecule has 0 aliphatic rings. The van der Waals surface area contributed by atoms with E-state index in [2.05, 4.69) is 10.6 Å². The lowest BCUT2D eigenvalue weighted by Gasteiger charge is -2.14. The largest absolute Gasteiger partial charge is 0.459 e. The van der Waals surface area contributed by atoms with Crippen LogP contribution >= 0.6 is 11.6 Å². The number of rotatable bonds is 5. The van der Waals surface area contributed by atoms with Crippen LogP contribution in [0.2, 0.25) is 5.02 Å². The van der Waals surface area contributed by atoms with Gasteiger partial charge in [-0.3, -0.25) is 19.7 Å². The van der Waals surface area contributed by atoms with Crippen LogP contribution in [0.5, 0.6) is 0 Å². The van der Waals surface area contributed by atoms with Gasteiger partial charge in [-0.15, -0.1) is 0 Å². The Kier molecular flexibility index (Phi) is 4.97. The summed E-state index contributed by atoms with van der Waals surface area (Å²) in [4.78, 5) is 33.9. The first-order valence-electron chi connectivity index (χ1n) is 6.47. The second-order valence-corrected chi connectivity index (χ2v) is 4.99. The minimum Gasteiger partial charge on any atom is -0.459 e. The fraction of sp³-hybridized carbons (Fsp3) is 0.143. The summed E-state index contributed by atoms with van der Waals surface area (Å²) in [5.74, 6) is -0.980. The van der Waals surface area contributed by atoms with Gasteiger partial charge in [-0.25, -0.2) is 0 Å². The zero-order valence-corrected chi connectivity index (χ0v) is 12.7. The Morgan fingerprint density at radius 3 is 2.65 bits per heavy atom. The Morgan fingerprint density at radius 2 is 2.09 bits per heavy atom. The topological polar surface area (TPSA) is 114 Å². The van der Waals surface area contributed by atoms with Gasteiger partial charge in [0, 0.05) is 12.1 Å². The van der Waals surface area contributed by atoms with Gasteiger partial charge in [-0.2, -0.15) is 0 Å². The number of non-ortho nitro benzene ring substituents is 1. The molecule has 0 fully saturated rings. The van der Waals surface area contributed by atoms with Gasteiger partial charge in [0.25, 0.3) is 11.6 Å². The van der Waals surface area contributed by atoms with Crippen molar-refractivity contribution in [3.63, 3.8) is 0 Å². The first-order valence-corrected chi connectivity index (χ1v) is 6.85. The number of nitrogens with zero attached hydrogens (tertiary/aromatic N) is 1. The monoisotopic (exact) mass is 337 g/mol. The Morgan fingerprint density at radius 1 is 1.35 bits per heavy atom. The molecule has 23 heavy (non-hydrogen) atoms. The van der Waals surface area contributed by atoms with Crippen molar-refractivity contribution in [1.29, 1.82) is 0 Å². The third-order valence-corrected chi connectivity index (χ3v) is 3.22. The van der Waals surface area contributed by atoms with Crippen LogP contribution in [-0.4, -0.2) is 22.8 Å². The standard InChI is InChI=1S/C14H12ClN3O5/c1-8(16-14(20)12-3-2-6-23-12)13(19)17-11-5-4-9(18(21)22)7-10(11)15/h2-8H,1H3,(H,16,20)(H,17,19)/t8-/m0/s1. The highest BCUT2D eigenvalue weighted by molar-refractivity contribution is 6.34. The van der Waals surface area contributed by atoms with Crippen molar-refractivity contribution < 1.29 is 18.9 Å². The molecule has 1 atom stereocenters. The maximum absolute atomic E-state index is 12.0. The Balaban J connectivity index is 2.01. The zero-order chi connectivity index (χ0) is 17.0. The Bertz CT molecular complexity index is 745. The van der Waals surface area contributed by atoms with Crippen molar-refractivity contribution >= 4 is 34.8 Å². The molecule has 1 heterocycles. The second-order valence-electron chi connectivity index (χ2n) is 4.58. The van der Waals surface area contributed by atoms with E-state index in [-0.39, 0.29) is 22.2 Å². The van der Waals surface area contributed by atoms with Gasteiger partial charge in [0.05, 0.1) is 21.9 Å². The Hall–Kier alpha value is -2.87. The van der Waals surface area contributed by atoms with Gasteiger partial charge in [-0.1, -0.05) is 11.6 Å². The van der Waals surface area contributed by atoms with Crippen LogP contribution in [0.1, 0.15) is 17.5 Å². The molecular weight excluding hydrogens is 326 g/mol. The van der Waals surface area contributed by atoms with Crippen LogP contribution in [0.15, 0.2) is 41.0 Å². The van der Waals surface area contributed by atoms with Crippen LogP contribution in [0, 0.1) is 10.1 Å². The van der Waals surface area contributed by atoms with Gasteiger partial charge in [0.1, 0.15) is 6.04 Å². The molecule has 0 spiro atoms. The van der Waals surface area contributed by atoms with E-state index in [9.17, 15) is 19.7 Å². The SMILES string of the molecule is C[C@H](NC(=O)c1ccco1)C(=O)Nc1ccc([N+](=O)[O-])cc1Cl. The van der Waals surface area contributed by atoms with Crippen molar-refractivity contribution in [1.82, 2.24) is 5.32 Å². The average molecular weight is 338 g/mol. The average Bonchev–Trinajstić information content (AvgIpc) is 3.03. The van der Waals surface area contributed by atoms with E-state index in [0.29, 0.717) is 0 Å². The molecule has 0 bridgehead atoms. The fourth-order valence-electron chi connectivity index (χ4n) is 1.70. The van der Waals surface area contributed by atoms with Crippen LogP contribution in [-0.2, 0) is 4.79 Å². The third-order valence-electron chi connectivity index (χ3n) is 2.91. The van der Waals surface area contributed by atoms with Gasteiger partial charge in [0.2, 0.25) is 5.91 Å². The summed E-state index contributed by atoms with van der Waals surface area (Å²) in [6.07, 6.45) is 1.34. The first-order chi connectivity index (χ1) is 10.9. The number of hydrogen-bond donors (Lipinski definition) is 2. The van der Waals surface area contributed by atoms with Crippen molar-refractivity contribution in [2.24, 2.45) is 0 Å². The molecular formula is C14H12ClN3O5. The van der Waals surface area contributed by atoms with Crippen LogP contribution in [0.4, 0.5) is 11.4 Å². The first kappa shape index (κ1) is 16.5. The number of furan rings is 1. The lowest BCUT2D eigenvalue weighted by atomic mass is 10.2. The molecule has 9 heteroatoms. The second kappa shape index (κ2) is 6.93. The summed E-state index contributed by atoms with van der Waals surface area (Å²) in [6, 6.07) is 5.82. The number of nitrogens with one attached hydrogen (secondary N) is 2. The smallest absolute Gasteiger partial charge is 0.287 e. The zero-order valence-electron chi connectivity index (χ0n) is 11.9. The molecule has 0 radical (unpaired) electrons. The molecule has 1 aromatic heterocycles. The molecule has 0 aliphatic heterocycles. The number of nitro groups is 1. The molecule has 2 aromatic rings.